The third-order valence-corrected chi connectivity index (χ3v) is 5.20. The van der Waals surface area contributed by atoms with E-state index in [-0.39, 0.29) is 5.78 Å². The van der Waals surface area contributed by atoms with Crippen LogP contribution < -0.4 is 0 Å². The van der Waals surface area contributed by atoms with E-state index in [0.29, 0.717) is 27.7 Å². The summed E-state index contributed by atoms with van der Waals surface area (Å²) < 4.78 is 6.90. The molecule has 2 aromatic heterocycles. The number of rotatable bonds is 4. The second-order valence-corrected chi connectivity index (χ2v) is 7.02. The minimum atomic E-state index is 0.0270. The summed E-state index contributed by atoms with van der Waals surface area (Å²) in [6.45, 7) is 1.54. The van der Waals surface area contributed by atoms with Gasteiger partial charge in [-0.1, -0.05) is 36.4 Å². The Labute approximate surface area is 160 Å². The molecule has 0 radical (unpaired) electrons. The van der Waals surface area contributed by atoms with Gasteiger partial charge in [0.15, 0.2) is 5.78 Å². The molecule has 0 N–H and O–H groups in total. The van der Waals surface area contributed by atoms with Gasteiger partial charge in [0.1, 0.15) is 22.6 Å². The van der Waals surface area contributed by atoms with Gasteiger partial charge in [0.05, 0.1) is 15.8 Å². The number of hydrogen-bond donors (Lipinski definition) is 0. The van der Waals surface area contributed by atoms with Crippen LogP contribution in [0, 0.1) is 11.3 Å². The van der Waals surface area contributed by atoms with E-state index in [1.807, 2.05) is 48.5 Å². The van der Waals surface area contributed by atoms with Crippen molar-refractivity contribution in [1.82, 2.24) is 4.98 Å². The summed E-state index contributed by atoms with van der Waals surface area (Å²) in [5.74, 6) is 1.29. The average Bonchev–Trinajstić information content (AvgIpc) is 3.33. The molecule has 5 heteroatoms. The van der Waals surface area contributed by atoms with Crippen LogP contribution in [0.1, 0.15) is 28.0 Å². The van der Waals surface area contributed by atoms with Crippen LogP contribution in [0.3, 0.4) is 0 Å². The van der Waals surface area contributed by atoms with Gasteiger partial charge < -0.3 is 4.42 Å². The Morgan fingerprint density at radius 3 is 2.59 bits per heavy atom. The SMILES string of the molecule is CC(=O)c1ccc(-c2ccc(/C=C(\C#N)c3nc4ccccc4s3)o2)cc1. The maximum absolute atomic E-state index is 11.4. The molecule has 0 saturated heterocycles. The number of nitrogens with zero attached hydrogens (tertiary/aromatic N) is 2. The van der Waals surface area contributed by atoms with E-state index in [1.54, 1.807) is 18.2 Å². The number of benzene rings is 2. The largest absolute Gasteiger partial charge is 0.457 e. The van der Waals surface area contributed by atoms with Crippen molar-refractivity contribution in [2.75, 3.05) is 0 Å². The summed E-state index contributed by atoms with van der Waals surface area (Å²) in [6.07, 6.45) is 1.70. The Kier molecular flexibility index (Phi) is 4.41. The second-order valence-electron chi connectivity index (χ2n) is 5.99. The zero-order chi connectivity index (χ0) is 18.8. The Morgan fingerprint density at radius 2 is 1.89 bits per heavy atom. The number of ketones is 1. The van der Waals surface area contributed by atoms with Crippen molar-refractivity contribution in [3.63, 3.8) is 0 Å². The minimum Gasteiger partial charge on any atom is -0.457 e. The minimum absolute atomic E-state index is 0.0270. The molecule has 0 spiro atoms. The first-order chi connectivity index (χ1) is 13.1. The van der Waals surface area contributed by atoms with Gasteiger partial charge in [-0.15, -0.1) is 11.3 Å². The number of carbonyl (C=O) groups is 1. The fraction of sp³-hybridized carbons (Fsp3) is 0.0455. The molecule has 27 heavy (non-hydrogen) atoms. The van der Waals surface area contributed by atoms with Gasteiger partial charge in [0.2, 0.25) is 0 Å². The maximum Gasteiger partial charge on any atom is 0.159 e. The lowest BCUT2D eigenvalue weighted by molar-refractivity contribution is 0.101. The molecule has 4 aromatic rings. The van der Waals surface area contributed by atoms with Crippen molar-refractivity contribution in [1.29, 1.82) is 5.26 Å². The molecule has 0 atom stereocenters. The number of fused-ring (bicyclic) bond motifs is 1. The Morgan fingerprint density at radius 1 is 1.11 bits per heavy atom. The van der Waals surface area contributed by atoms with Gasteiger partial charge in [-0.25, -0.2) is 4.98 Å². The second kappa shape index (κ2) is 7.02. The van der Waals surface area contributed by atoms with E-state index >= 15 is 0 Å². The molecule has 130 valence electrons. The highest BCUT2D eigenvalue weighted by molar-refractivity contribution is 7.19. The number of aromatic nitrogens is 1. The van der Waals surface area contributed by atoms with Crippen LogP contribution in [0.25, 0.3) is 33.2 Å². The lowest BCUT2D eigenvalue weighted by Crippen LogP contribution is -1.90. The van der Waals surface area contributed by atoms with Crippen molar-refractivity contribution in [3.05, 3.63) is 77.0 Å². The van der Waals surface area contributed by atoms with E-state index in [0.717, 1.165) is 15.8 Å². The standard InChI is InChI=1S/C22H14N2O2S/c1-14(25)15-6-8-16(9-7-15)20-11-10-18(26-20)12-17(13-23)22-24-19-4-2-3-5-21(19)27-22/h2-12H,1H3/b17-12+. The smallest absolute Gasteiger partial charge is 0.159 e. The predicted octanol–water partition coefficient (Wildman–Crippen LogP) is 5.82. The molecule has 0 fully saturated rings. The molecule has 0 bridgehead atoms. The molecule has 2 aromatic carbocycles. The first-order valence-corrected chi connectivity index (χ1v) is 9.14. The zero-order valence-electron chi connectivity index (χ0n) is 14.5. The summed E-state index contributed by atoms with van der Waals surface area (Å²) in [6, 6.07) is 20.9. The molecule has 4 nitrogen and oxygen atoms in total. The van der Waals surface area contributed by atoms with Crippen LogP contribution in [0.2, 0.25) is 0 Å². The summed E-state index contributed by atoms with van der Waals surface area (Å²) >= 11 is 1.48. The highest BCUT2D eigenvalue weighted by Gasteiger charge is 2.11. The molecule has 4 rings (SSSR count). The van der Waals surface area contributed by atoms with Crippen molar-refractivity contribution in [3.8, 4) is 17.4 Å². The van der Waals surface area contributed by atoms with Crippen LogP contribution in [0.4, 0.5) is 0 Å². The first-order valence-electron chi connectivity index (χ1n) is 8.33. The number of carbonyl (C=O) groups excluding carboxylic acids is 1. The van der Waals surface area contributed by atoms with Crippen molar-refractivity contribution < 1.29 is 9.21 Å². The van der Waals surface area contributed by atoms with Crippen LogP contribution in [-0.2, 0) is 0 Å². The molecular weight excluding hydrogens is 356 g/mol. The quantitative estimate of drug-likeness (QED) is 0.335. The van der Waals surface area contributed by atoms with Gasteiger partial charge in [0, 0.05) is 17.2 Å². The number of para-hydroxylation sites is 1. The van der Waals surface area contributed by atoms with Gasteiger partial charge in [-0.2, -0.15) is 5.26 Å². The highest BCUT2D eigenvalue weighted by atomic mass is 32.1. The number of Topliss-reactive ketones (excluding diaryl/α,β-unsaturated/α-hetero) is 1. The summed E-state index contributed by atoms with van der Waals surface area (Å²) in [7, 11) is 0. The summed E-state index contributed by atoms with van der Waals surface area (Å²) in [5, 5.41) is 10.2. The summed E-state index contributed by atoms with van der Waals surface area (Å²) in [4.78, 5) is 15.9. The van der Waals surface area contributed by atoms with E-state index in [2.05, 4.69) is 11.1 Å². The van der Waals surface area contributed by atoms with E-state index in [4.69, 9.17) is 4.42 Å². The molecular formula is C22H14N2O2S. The van der Waals surface area contributed by atoms with Crippen LogP contribution >= 0.6 is 11.3 Å². The fourth-order valence-electron chi connectivity index (χ4n) is 2.73. The van der Waals surface area contributed by atoms with Gasteiger partial charge in [-0.3, -0.25) is 4.79 Å². The predicted molar refractivity (Wildman–Crippen MR) is 107 cm³/mol. The lowest BCUT2D eigenvalue weighted by atomic mass is 10.1. The van der Waals surface area contributed by atoms with Crippen LogP contribution in [0.15, 0.2) is 65.1 Å². The molecule has 0 amide bonds. The zero-order valence-corrected chi connectivity index (χ0v) is 15.3. The van der Waals surface area contributed by atoms with E-state index in [9.17, 15) is 10.1 Å². The van der Waals surface area contributed by atoms with Crippen LogP contribution in [0.5, 0.6) is 0 Å². The molecule has 0 aliphatic rings. The van der Waals surface area contributed by atoms with Crippen molar-refractivity contribution in [2.45, 2.75) is 6.92 Å². The average molecular weight is 370 g/mol. The highest BCUT2D eigenvalue weighted by Crippen LogP contribution is 2.29. The van der Waals surface area contributed by atoms with Gasteiger partial charge >= 0.3 is 0 Å². The van der Waals surface area contributed by atoms with Crippen LogP contribution in [-0.4, -0.2) is 10.8 Å². The normalized spacial score (nSPS) is 11.5. The third kappa shape index (κ3) is 3.43. The Bertz CT molecular complexity index is 1170. The molecule has 2 heterocycles. The number of thiazole rings is 1. The number of allylic oxidation sites excluding steroid dienone is 1. The van der Waals surface area contributed by atoms with Crippen molar-refractivity contribution in [2.24, 2.45) is 0 Å². The van der Waals surface area contributed by atoms with Gasteiger partial charge in [-0.05, 0) is 31.2 Å². The first kappa shape index (κ1) is 17.0. The van der Waals surface area contributed by atoms with E-state index in [1.165, 1.54) is 18.3 Å². The third-order valence-electron chi connectivity index (χ3n) is 4.13. The Hall–Kier alpha value is -3.49. The number of furan rings is 1. The van der Waals surface area contributed by atoms with Gasteiger partial charge in [0.25, 0.3) is 0 Å². The van der Waals surface area contributed by atoms with E-state index < -0.39 is 0 Å². The summed E-state index contributed by atoms with van der Waals surface area (Å²) in [5.41, 5.74) is 2.87. The fourth-order valence-corrected chi connectivity index (χ4v) is 3.66. The number of nitriles is 1. The maximum atomic E-state index is 11.4. The molecule has 0 aliphatic heterocycles. The topological polar surface area (TPSA) is 66.9 Å². The molecule has 0 aliphatic carbocycles. The lowest BCUT2D eigenvalue weighted by Gasteiger charge is -1.99. The molecule has 0 saturated carbocycles. The molecule has 0 unspecified atom stereocenters. The monoisotopic (exact) mass is 370 g/mol. The number of hydrogen-bond acceptors (Lipinski definition) is 5. The van der Waals surface area contributed by atoms with Crippen molar-refractivity contribution >= 4 is 39.0 Å². The Balaban J connectivity index is 1.65.